The van der Waals surface area contributed by atoms with Crippen LogP contribution in [0.5, 0.6) is 0 Å². The van der Waals surface area contributed by atoms with Gasteiger partial charge in [0, 0.05) is 23.8 Å². The molecule has 1 fully saturated rings. The first kappa shape index (κ1) is 10.0. The molecule has 1 aromatic rings. The third-order valence-electron chi connectivity index (χ3n) is 3.53. The Bertz CT molecular complexity index is 399. The normalized spacial score (nSPS) is 24.4. The zero-order valence-corrected chi connectivity index (χ0v) is 9.41. The highest BCUT2D eigenvalue weighted by Crippen LogP contribution is 2.28. The van der Waals surface area contributed by atoms with E-state index in [1.807, 2.05) is 0 Å². The van der Waals surface area contributed by atoms with Gasteiger partial charge < -0.3 is 10.5 Å². The molecule has 0 bridgehead atoms. The first-order valence-electron chi connectivity index (χ1n) is 6.07. The standard InChI is InChI=1S/C12H17N3O/c13-11-9-3-1-2-4-10(9)14-12(15-11)8-5-6-16-7-8/h8H,1-7H2,(H2,13,14,15). The van der Waals surface area contributed by atoms with Crippen LogP contribution in [-0.2, 0) is 17.6 Å². The summed E-state index contributed by atoms with van der Waals surface area (Å²) in [6.45, 7) is 1.57. The molecule has 0 aromatic carbocycles. The van der Waals surface area contributed by atoms with Crippen molar-refractivity contribution >= 4 is 5.82 Å². The van der Waals surface area contributed by atoms with E-state index in [1.165, 1.54) is 24.1 Å². The maximum Gasteiger partial charge on any atom is 0.136 e. The van der Waals surface area contributed by atoms with Crippen LogP contribution in [0.3, 0.4) is 0 Å². The minimum atomic E-state index is 0.356. The Kier molecular flexibility index (Phi) is 2.52. The molecule has 0 spiro atoms. The number of aryl methyl sites for hydroxylation is 1. The predicted octanol–water partition coefficient (Wildman–Crippen LogP) is 1.44. The van der Waals surface area contributed by atoms with Gasteiger partial charge >= 0.3 is 0 Å². The monoisotopic (exact) mass is 219 g/mol. The fourth-order valence-electron chi connectivity index (χ4n) is 2.56. The molecule has 3 rings (SSSR count). The minimum absolute atomic E-state index is 0.356. The quantitative estimate of drug-likeness (QED) is 0.776. The highest BCUT2D eigenvalue weighted by atomic mass is 16.5. The molecular weight excluding hydrogens is 202 g/mol. The molecule has 4 nitrogen and oxygen atoms in total. The second-order valence-corrected chi connectivity index (χ2v) is 4.66. The summed E-state index contributed by atoms with van der Waals surface area (Å²) in [5.41, 5.74) is 8.39. The summed E-state index contributed by atoms with van der Waals surface area (Å²) in [6.07, 6.45) is 5.57. The highest BCUT2D eigenvalue weighted by molar-refractivity contribution is 5.43. The van der Waals surface area contributed by atoms with E-state index in [-0.39, 0.29) is 0 Å². The van der Waals surface area contributed by atoms with Crippen molar-refractivity contribution in [1.29, 1.82) is 0 Å². The molecule has 4 heteroatoms. The molecule has 2 heterocycles. The molecule has 0 saturated carbocycles. The van der Waals surface area contributed by atoms with Gasteiger partial charge in [-0.15, -0.1) is 0 Å². The van der Waals surface area contributed by atoms with Crippen molar-refractivity contribution in [1.82, 2.24) is 9.97 Å². The van der Waals surface area contributed by atoms with E-state index in [4.69, 9.17) is 10.5 Å². The molecule has 1 unspecified atom stereocenters. The van der Waals surface area contributed by atoms with Crippen LogP contribution in [0.4, 0.5) is 5.82 Å². The Morgan fingerprint density at radius 1 is 1.19 bits per heavy atom. The van der Waals surface area contributed by atoms with Gasteiger partial charge in [0.2, 0.25) is 0 Å². The number of hydrogen-bond donors (Lipinski definition) is 1. The van der Waals surface area contributed by atoms with Crippen LogP contribution in [0.2, 0.25) is 0 Å². The minimum Gasteiger partial charge on any atom is -0.383 e. The fourth-order valence-corrected chi connectivity index (χ4v) is 2.56. The first-order valence-corrected chi connectivity index (χ1v) is 6.07. The third kappa shape index (κ3) is 1.67. The number of anilines is 1. The van der Waals surface area contributed by atoms with Gasteiger partial charge in [-0.2, -0.15) is 0 Å². The van der Waals surface area contributed by atoms with Crippen LogP contribution in [-0.4, -0.2) is 23.2 Å². The predicted molar refractivity (Wildman–Crippen MR) is 61.3 cm³/mol. The van der Waals surface area contributed by atoms with Crippen molar-refractivity contribution < 1.29 is 4.74 Å². The zero-order chi connectivity index (χ0) is 11.0. The number of ether oxygens (including phenoxy) is 1. The van der Waals surface area contributed by atoms with Gasteiger partial charge in [0.1, 0.15) is 11.6 Å². The van der Waals surface area contributed by atoms with Crippen molar-refractivity contribution in [2.75, 3.05) is 18.9 Å². The van der Waals surface area contributed by atoms with E-state index in [0.717, 1.165) is 38.3 Å². The van der Waals surface area contributed by atoms with Gasteiger partial charge in [0.05, 0.1) is 6.61 Å². The number of nitrogens with two attached hydrogens (primary N) is 1. The Labute approximate surface area is 95.2 Å². The number of nitrogens with zero attached hydrogens (tertiary/aromatic N) is 2. The van der Waals surface area contributed by atoms with Crippen molar-refractivity contribution in [2.45, 2.75) is 38.0 Å². The van der Waals surface area contributed by atoms with Crippen LogP contribution in [0, 0.1) is 0 Å². The molecule has 1 saturated heterocycles. The summed E-state index contributed by atoms with van der Waals surface area (Å²) in [5.74, 6) is 1.96. The average Bonchev–Trinajstić information content (AvgIpc) is 2.82. The van der Waals surface area contributed by atoms with Crippen LogP contribution in [0.1, 0.15) is 42.3 Å². The number of rotatable bonds is 1. The number of nitrogen functional groups attached to an aromatic ring is 1. The molecule has 1 aromatic heterocycles. The summed E-state index contributed by atoms with van der Waals surface area (Å²) in [5, 5.41) is 0. The van der Waals surface area contributed by atoms with Gasteiger partial charge in [-0.05, 0) is 32.1 Å². The van der Waals surface area contributed by atoms with Crippen molar-refractivity contribution in [3.05, 3.63) is 17.1 Å². The summed E-state index contributed by atoms with van der Waals surface area (Å²) < 4.78 is 5.37. The van der Waals surface area contributed by atoms with Crippen LogP contribution in [0.25, 0.3) is 0 Å². The van der Waals surface area contributed by atoms with E-state index in [1.54, 1.807) is 0 Å². The molecule has 2 N–H and O–H groups in total. The van der Waals surface area contributed by atoms with Crippen molar-refractivity contribution in [3.8, 4) is 0 Å². The second-order valence-electron chi connectivity index (χ2n) is 4.66. The maximum absolute atomic E-state index is 6.02. The van der Waals surface area contributed by atoms with Gasteiger partial charge in [0.15, 0.2) is 0 Å². The van der Waals surface area contributed by atoms with E-state index in [0.29, 0.717) is 11.7 Å². The maximum atomic E-state index is 6.02. The second kappa shape index (κ2) is 4.01. The van der Waals surface area contributed by atoms with Crippen molar-refractivity contribution in [3.63, 3.8) is 0 Å². The highest BCUT2D eigenvalue weighted by Gasteiger charge is 2.23. The summed E-state index contributed by atoms with van der Waals surface area (Å²) >= 11 is 0. The lowest BCUT2D eigenvalue weighted by atomic mass is 9.96. The van der Waals surface area contributed by atoms with Crippen LogP contribution < -0.4 is 5.73 Å². The number of aromatic nitrogens is 2. The molecule has 16 heavy (non-hydrogen) atoms. The smallest absolute Gasteiger partial charge is 0.136 e. The van der Waals surface area contributed by atoms with Gasteiger partial charge in [0.25, 0.3) is 0 Å². The van der Waals surface area contributed by atoms with E-state index in [2.05, 4.69) is 9.97 Å². The lowest BCUT2D eigenvalue weighted by molar-refractivity contribution is 0.193. The zero-order valence-electron chi connectivity index (χ0n) is 9.41. The molecule has 86 valence electrons. The molecule has 1 aliphatic carbocycles. The van der Waals surface area contributed by atoms with Gasteiger partial charge in [-0.3, -0.25) is 0 Å². The van der Waals surface area contributed by atoms with E-state index >= 15 is 0 Å². The topological polar surface area (TPSA) is 61.0 Å². The summed E-state index contributed by atoms with van der Waals surface area (Å²) in [6, 6.07) is 0. The molecule has 1 atom stereocenters. The van der Waals surface area contributed by atoms with Crippen LogP contribution >= 0.6 is 0 Å². The van der Waals surface area contributed by atoms with E-state index in [9.17, 15) is 0 Å². The molecule has 1 aliphatic heterocycles. The average molecular weight is 219 g/mol. The molecule has 2 aliphatic rings. The first-order chi connectivity index (χ1) is 7.84. The van der Waals surface area contributed by atoms with Gasteiger partial charge in [-0.1, -0.05) is 0 Å². The lowest BCUT2D eigenvalue weighted by Gasteiger charge is -2.18. The Balaban J connectivity index is 1.97. The fraction of sp³-hybridized carbons (Fsp3) is 0.667. The van der Waals surface area contributed by atoms with Gasteiger partial charge in [-0.25, -0.2) is 9.97 Å². The largest absolute Gasteiger partial charge is 0.383 e. The summed E-state index contributed by atoms with van der Waals surface area (Å²) in [4.78, 5) is 9.14. The van der Waals surface area contributed by atoms with Crippen LogP contribution in [0.15, 0.2) is 0 Å². The molecular formula is C12H17N3O. The number of fused-ring (bicyclic) bond motifs is 1. The Morgan fingerprint density at radius 2 is 2.06 bits per heavy atom. The van der Waals surface area contributed by atoms with Crippen molar-refractivity contribution in [2.24, 2.45) is 0 Å². The molecule has 0 radical (unpaired) electrons. The molecule has 0 amide bonds. The lowest BCUT2D eigenvalue weighted by Crippen LogP contribution is -2.15. The third-order valence-corrected chi connectivity index (χ3v) is 3.53. The number of hydrogen-bond acceptors (Lipinski definition) is 4. The SMILES string of the molecule is Nc1nc(C2CCOC2)nc2c1CCCC2. The summed E-state index contributed by atoms with van der Waals surface area (Å²) in [7, 11) is 0. The Hall–Kier alpha value is -1.16. The van der Waals surface area contributed by atoms with E-state index < -0.39 is 0 Å². The Morgan fingerprint density at radius 3 is 2.88 bits per heavy atom.